The molecule has 3 rings (SSSR count). The van der Waals surface area contributed by atoms with E-state index in [2.05, 4.69) is 10.00 Å². The molecule has 2 fully saturated rings. The minimum absolute atomic E-state index is 0.0438. The molecular weight excluding hydrogens is 308 g/mol. The number of aliphatic hydroxyl groups is 1. The van der Waals surface area contributed by atoms with E-state index in [1.54, 1.807) is 11.1 Å². The molecule has 1 N–H and O–H groups in total. The van der Waals surface area contributed by atoms with Crippen molar-refractivity contribution < 1.29 is 14.6 Å². The van der Waals surface area contributed by atoms with Gasteiger partial charge in [-0.2, -0.15) is 5.10 Å². The van der Waals surface area contributed by atoms with E-state index < -0.39 is 5.60 Å². The molecule has 1 aromatic heterocycles. The fraction of sp³-hybridized carbons (Fsp3) is 0.714. The van der Waals surface area contributed by atoms with Gasteiger partial charge in [-0.3, -0.25) is 14.4 Å². The van der Waals surface area contributed by atoms with Crippen LogP contribution < -0.4 is 0 Å². The molecule has 2 aliphatic heterocycles. The maximum atomic E-state index is 12.3. The molecule has 1 aromatic rings. The molecule has 0 bridgehead atoms. The monoisotopic (exact) mass is 328 g/mol. The van der Waals surface area contributed by atoms with Gasteiger partial charge in [-0.15, -0.1) is 0 Å². The Balaban J connectivity index is 1.53. The molecule has 0 aliphatic carbocycles. The second-order valence-electron chi connectivity index (χ2n) is 6.03. The summed E-state index contributed by atoms with van der Waals surface area (Å²) in [6, 6.07) is 0. The van der Waals surface area contributed by atoms with Crippen molar-refractivity contribution in [1.82, 2.24) is 19.6 Å². The quantitative estimate of drug-likeness (QED) is 0.831. The van der Waals surface area contributed by atoms with Crippen LogP contribution in [0.5, 0.6) is 0 Å². The summed E-state index contributed by atoms with van der Waals surface area (Å²) in [6.07, 6.45) is 3.74. The van der Waals surface area contributed by atoms with E-state index in [0.29, 0.717) is 44.3 Å². The Morgan fingerprint density at radius 3 is 2.86 bits per heavy atom. The number of hydrogen-bond donors (Lipinski definition) is 1. The van der Waals surface area contributed by atoms with Crippen molar-refractivity contribution in [2.24, 2.45) is 0 Å². The predicted octanol–water partition coefficient (Wildman–Crippen LogP) is -0.168. The third-order valence-corrected chi connectivity index (χ3v) is 4.40. The Morgan fingerprint density at radius 1 is 1.41 bits per heavy atom. The lowest BCUT2D eigenvalue weighted by atomic mass is 10.0. The van der Waals surface area contributed by atoms with Crippen molar-refractivity contribution in [3.8, 4) is 0 Å². The van der Waals surface area contributed by atoms with Crippen LogP contribution >= 0.6 is 11.6 Å². The first-order valence-corrected chi connectivity index (χ1v) is 7.90. The highest BCUT2D eigenvalue weighted by Crippen LogP contribution is 2.23. The zero-order chi connectivity index (χ0) is 15.6. The standard InChI is InChI=1S/C14H21ClN4O3/c15-12-7-16-19(8-12)9-13(20)18-2-1-14(21,11-18)10-17-3-5-22-6-4-17/h7-8,21H,1-6,9-11H2/t14-/m0/s1. The molecule has 0 unspecified atom stereocenters. The molecule has 0 radical (unpaired) electrons. The summed E-state index contributed by atoms with van der Waals surface area (Å²) in [5.74, 6) is -0.0438. The van der Waals surface area contributed by atoms with E-state index in [4.69, 9.17) is 16.3 Å². The molecule has 1 atom stereocenters. The number of likely N-dealkylation sites (tertiary alicyclic amines) is 1. The maximum Gasteiger partial charge on any atom is 0.244 e. The van der Waals surface area contributed by atoms with Crippen molar-refractivity contribution in [3.05, 3.63) is 17.4 Å². The Kier molecular flexibility index (Phi) is 4.67. The molecule has 2 aliphatic rings. The van der Waals surface area contributed by atoms with Gasteiger partial charge in [0.05, 0.1) is 36.6 Å². The Bertz CT molecular complexity index is 532. The number of halogens is 1. The fourth-order valence-corrected chi connectivity index (χ4v) is 3.19. The molecular formula is C14H21ClN4O3. The molecule has 3 heterocycles. The number of rotatable bonds is 4. The Labute approximate surface area is 134 Å². The van der Waals surface area contributed by atoms with Gasteiger partial charge in [-0.05, 0) is 6.42 Å². The predicted molar refractivity (Wildman–Crippen MR) is 80.6 cm³/mol. The van der Waals surface area contributed by atoms with Gasteiger partial charge in [-0.25, -0.2) is 0 Å². The van der Waals surface area contributed by atoms with Crippen molar-refractivity contribution in [3.63, 3.8) is 0 Å². The topological polar surface area (TPSA) is 70.8 Å². The highest BCUT2D eigenvalue weighted by atomic mass is 35.5. The third-order valence-electron chi connectivity index (χ3n) is 4.21. The highest BCUT2D eigenvalue weighted by molar-refractivity contribution is 6.30. The zero-order valence-electron chi connectivity index (χ0n) is 12.4. The van der Waals surface area contributed by atoms with E-state index in [1.807, 2.05) is 0 Å². The van der Waals surface area contributed by atoms with Crippen LogP contribution in [0, 0.1) is 0 Å². The summed E-state index contributed by atoms with van der Waals surface area (Å²) in [5.41, 5.74) is -0.825. The van der Waals surface area contributed by atoms with E-state index in [9.17, 15) is 9.90 Å². The molecule has 2 saturated heterocycles. The number of ether oxygens (including phenoxy) is 1. The van der Waals surface area contributed by atoms with E-state index in [-0.39, 0.29) is 12.5 Å². The van der Waals surface area contributed by atoms with Gasteiger partial charge < -0.3 is 14.7 Å². The lowest BCUT2D eigenvalue weighted by molar-refractivity contribution is -0.132. The zero-order valence-corrected chi connectivity index (χ0v) is 13.2. The first-order chi connectivity index (χ1) is 10.5. The number of aromatic nitrogens is 2. The van der Waals surface area contributed by atoms with Gasteiger partial charge in [0.15, 0.2) is 0 Å². The largest absolute Gasteiger partial charge is 0.387 e. The molecule has 0 saturated carbocycles. The number of hydrogen-bond acceptors (Lipinski definition) is 5. The maximum absolute atomic E-state index is 12.3. The number of nitrogens with zero attached hydrogens (tertiary/aromatic N) is 4. The van der Waals surface area contributed by atoms with Gasteiger partial charge in [0, 0.05) is 32.4 Å². The van der Waals surface area contributed by atoms with Crippen molar-refractivity contribution in [2.75, 3.05) is 45.9 Å². The first-order valence-electron chi connectivity index (χ1n) is 7.52. The summed E-state index contributed by atoms with van der Waals surface area (Å²) in [4.78, 5) is 16.2. The van der Waals surface area contributed by atoms with Crippen molar-refractivity contribution in [2.45, 2.75) is 18.6 Å². The molecule has 122 valence electrons. The molecule has 0 aromatic carbocycles. The second kappa shape index (κ2) is 6.54. The number of carbonyl (C=O) groups is 1. The summed E-state index contributed by atoms with van der Waals surface area (Å²) < 4.78 is 6.83. The second-order valence-corrected chi connectivity index (χ2v) is 6.47. The highest BCUT2D eigenvalue weighted by Gasteiger charge is 2.39. The summed E-state index contributed by atoms with van der Waals surface area (Å²) >= 11 is 5.79. The van der Waals surface area contributed by atoms with Crippen LogP contribution in [-0.2, 0) is 16.1 Å². The first kappa shape index (κ1) is 15.7. The van der Waals surface area contributed by atoms with Crippen molar-refractivity contribution >= 4 is 17.5 Å². The van der Waals surface area contributed by atoms with Crippen LogP contribution in [-0.4, -0.2) is 82.1 Å². The summed E-state index contributed by atoms with van der Waals surface area (Å²) in [7, 11) is 0. The third kappa shape index (κ3) is 3.78. The molecule has 7 nitrogen and oxygen atoms in total. The van der Waals surface area contributed by atoms with Gasteiger partial charge in [0.25, 0.3) is 0 Å². The van der Waals surface area contributed by atoms with Crippen LogP contribution in [0.25, 0.3) is 0 Å². The van der Waals surface area contributed by atoms with Gasteiger partial charge in [0.2, 0.25) is 5.91 Å². The van der Waals surface area contributed by atoms with Crippen LogP contribution in [0.1, 0.15) is 6.42 Å². The smallest absolute Gasteiger partial charge is 0.244 e. The lowest BCUT2D eigenvalue weighted by Gasteiger charge is -2.33. The van der Waals surface area contributed by atoms with Gasteiger partial charge in [0.1, 0.15) is 6.54 Å². The van der Waals surface area contributed by atoms with E-state index >= 15 is 0 Å². The SMILES string of the molecule is O=C(Cn1cc(Cl)cn1)N1CC[C@](O)(CN2CCOCC2)C1. The van der Waals surface area contributed by atoms with Gasteiger partial charge >= 0.3 is 0 Å². The fourth-order valence-electron chi connectivity index (χ4n) is 3.04. The number of amides is 1. The summed E-state index contributed by atoms with van der Waals surface area (Å²) in [5, 5.41) is 15.2. The minimum Gasteiger partial charge on any atom is -0.387 e. The normalized spacial score (nSPS) is 26.5. The number of morpholine rings is 1. The van der Waals surface area contributed by atoms with Crippen molar-refractivity contribution in [1.29, 1.82) is 0 Å². The lowest BCUT2D eigenvalue weighted by Crippen LogP contribution is -2.49. The van der Waals surface area contributed by atoms with Crippen LogP contribution in [0.2, 0.25) is 5.02 Å². The molecule has 1 amide bonds. The van der Waals surface area contributed by atoms with Crippen LogP contribution in [0.3, 0.4) is 0 Å². The summed E-state index contributed by atoms with van der Waals surface area (Å²) in [6.45, 7) is 4.78. The number of carbonyl (C=O) groups excluding carboxylic acids is 1. The van der Waals surface area contributed by atoms with Crippen LogP contribution in [0.15, 0.2) is 12.4 Å². The Morgan fingerprint density at radius 2 is 2.18 bits per heavy atom. The Hall–Kier alpha value is -1.15. The number of β-amino-alcohol motifs (C(OH)–C–C–N with tert-alkyl or cyclic N) is 1. The average molecular weight is 329 g/mol. The molecule has 8 heteroatoms. The van der Waals surface area contributed by atoms with E-state index in [0.717, 1.165) is 13.1 Å². The van der Waals surface area contributed by atoms with Gasteiger partial charge in [-0.1, -0.05) is 11.6 Å². The molecule has 22 heavy (non-hydrogen) atoms. The van der Waals surface area contributed by atoms with E-state index in [1.165, 1.54) is 10.9 Å². The average Bonchev–Trinajstić information content (AvgIpc) is 3.06. The van der Waals surface area contributed by atoms with Crippen LogP contribution in [0.4, 0.5) is 0 Å². The molecule has 0 spiro atoms. The minimum atomic E-state index is -0.825.